The third-order valence-electron chi connectivity index (χ3n) is 5.63. The third kappa shape index (κ3) is 6.07. The summed E-state index contributed by atoms with van der Waals surface area (Å²) < 4.78 is 0. The number of nitrogen functional groups attached to an aromatic ring is 2. The molecule has 0 heterocycles. The highest BCUT2D eigenvalue weighted by atomic mass is 14.9. The highest BCUT2D eigenvalue weighted by Crippen LogP contribution is 2.25. The molecule has 0 aliphatic heterocycles. The van der Waals surface area contributed by atoms with Crippen LogP contribution in [0.3, 0.4) is 0 Å². The standard InChI is InChI=1S/C30H28N6/c31-21-1-5-23(6-2-21)33-25-9-13-27(14-10-25)35-29-17-19-30(20-18-29)36-28-15-11-26(12-16-28)34-24-7-3-22(32)4-8-24/h1-20,33-36H,31-32H2. The van der Waals surface area contributed by atoms with Crippen molar-refractivity contribution in [1.82, 2.24) is 0 Å². The van der Waals surface area contributed by atoms with Gasteiger partial charge in [0.1, 0.15) is 0 Å². The molecule has 0 atom stereocenters. The zero-order valence-corrected chi connectivity index (χ0v) is 19.7. The maximum Gasteiger partial charge on any atom is 0.0385 e. The number of nitrogens with one attached hydrogen (secondary N) is 4. The fourth-order valence-electron chi connectivity index (χ4n) is 3.71. The maximum absolute atomic E-state index is 5.75. The Hall–Kier alpha value is -5.10. The van der Waals surface area contributed by atoms with Crippen LogP contribution in [0.5, 0.6) is 0 Å². The molecular weight excluding hydrogens is 444 g/mol. The van der Waals surface area contributed by atoms with Crippen LogP contribution in [-0.2, 0) is 0 Å². The van der Waals surface area contributed by atoms with Crippen LogP contribution < -0.4 is 32.7 Å². The van der Waals surface area contributed by atoms with Crippen molar-refractivity contribution in [2.45, 2.75) is 0 Å². The SMILES string of the molecule is Nc1ccc(Nc2ccc(Nc3ccc(Nc4ccc(Nc5ccc(N)cc5)cc4)cc3)cc2)cc1. The van der Waals surface area contributed by atoms with Crippen LogP contribution in [-0.4, -0.2) is 0 Å². The molecule has 0 aromatic heterocycles. The van der Waals surface area contributed by atoms with Crippen molar-refractivity contribution < 1.29 is 0 Å². The number of nitrogens with two attached hydrogens (primary N) is 2. The molecule has 0 amide bonds. The number of benzene rings is 5. The topological polar surface area (TPSA) is 100 Å². The summed E-state index contributed by atoms with van der Waals surface area (Å²) in [6.45, 7) is 0. The lowest BCUT2D eigenvalue weighted by molar-refractivity contribution is 1.50. The molecule has 0 spiro atoms. The second kappa shape index (κ2) is 10.4. The van der Waals surface area contributed by atoms with Gasteiger partial charge in [0.2, 0.25) is 0 Å². The Morgan fingerprint density at radius 2 is 0.389 bits per heavy atom. The van der Waals surface area contributed by atoms with E-state index in [1.807, 2.05) is 97.1 Å². The Kier molecular flexibility index (Phi) is 6.58. The molecule has 178 valence electrons. The van der Waals surface area contributed by atoms with E-state index < -0.39 is 0 Å². The lowest BCUT2D eigenvalue weighted by Gasteiger charge is -2.12. The van der Waals surface area contributed by atoms with Gasteiger partial charge >= 0.3 is 0 Å². The lowest BCUT2D eigenvalue weighted by Crippen LogP contribution is -1.95. The molecule has 0 aliphatic carbocycles. The van der Waals surface area contributed by atoms with E-state index in [9.17, 15) is 0 Å². The zero-order valence-electron chi connectivity index (χ0n) is 19.7. The third-order valence-corrected chi connectivity index (χ3v) is 5.63. The van der Waals surface area contributed by atoms with Crippen molar-refractivity contribution in [3.63, 3.8) is 0 Å². The van der Waals surface area contributed by atoms with Crippen LogP contribution in [0.25, 0.3) is 0 Å². The molecule has 5 aromatic carbocycles. The van der Waals surface area contributed by atoms with Gasteiger partial charge in [-0.1, -0.05) is 0 Å². The first kappa shape index (κ1) is 22.7. The van der Waals surface area contributed by atoms with Crippen molar-refractivity contribution in [2.24, 2.45) is 0 Å². The molecule has 36 heavy (non-hydrogen) atoms. The van der Waals surface area contributed by atoms with Gasteiger partial charge in [0.15, 0.2) is 0 Å². The van der Waals surface area contributed by atoms with Gasteiger partial charge < -0.3 is 32.7 Å². The number of hydrogen-bond acceptors (Lipinski definition) is 6. The van der Waals surface area contributed by atoms with Gasteiger partial charge in [-0.2, -0.15) is 0 Å². The van der Waals surface area contributed by atoms with Crippen molar-refractivity contribution in [2.75, 3.05) is 32.7 Å². The predicted octanol–water partition coefficient (Wildman–Crippen LogP) is 7.83. The van der Waals surface area contributed by atoms with Crippen LogP contribution in [0.4, 0.5) is 56.9 Å². The Morgan fingerprint density at radius 1 is 0.250 bits per heavy atom. The summed E-state index contributed by atoms with van der Waals surface area (Å²) in [4.78, 5) is 0. The summed E-state index contributed by atoms with van der Waals surface area (Å²) in [5, 5.41) is 13.6. The summed E-state index contributed by atoms with van der Waals surface area (Å²) in [6, 6.07) is 40.0. The molecule has 0 saturated carbocycles. The average Bonchev–Trinajstić information content (AvgIpc) is 2.90. The fourth-order valence-corrected chi connectivity index (χ4v) is 3.71. The van der Waals surface area contributed by atoms with E-state index in [1.165, 1.54) is 0 Å². The molecule has 6 heteroatoms. The van der Waals surface area contributed by atoms with Gasteiger partial charge in [-0.25, -0.2) is 0 Å². The second-order valence-electron chi connectivity index (χ2n) is 8.48. The Morgan fingerprint density at radius 3 is 0.556 bits per heavy atom. The van der Waals surface area contributed by atoms with Gasteiger partial charge in [-0.05, 0) is 121 Å². The molecule has 0 radical (unpaired) electrons. The number of hydrogen-bond donors (Lipinski definition) is 6. The zero-order chi connectivity index (χ0) is 24.7. The van der Waals surface area contributed by atoms with Crippen LogP contribution >= 0.6 is 0 Å². The molecule has 6 nitrogen and oxygen atoms in total. The summed E-state index contributed by atoms with van der Waals surface area (Å²) >= 11 is 0. The van der Waals surface area contributed by atoms with Gasteiger partial charge in [0.05, 0.1) is 0 Å². The van der Waals surface area contributed by atoms with Gasteiger partial charge in [0, 0.05) is 56.9 Å². The van der Waals surface area contributed by atoms with Gasteiger partial charge in [-0.3, -0.25) is 0 Å². The van der Waals surface area contributed by atoms with E-state index in [-0.39, 0.29) is 0 Å². The van der Waals surface area contributed by atoms with Crippen LogP contribution in [0.2, 0.25) is 0 Å². The maximum atomic E-state index is 5.75. The molecule has 0 saturated heterocycles. The van der Waals surface area contributed by atoms with E-state index in [4.69, 9.17) is 11.5 Å². The normalized spacial score (nSPS) is 10.4. The first-order valence-corrected chi connectivity index (χ1v) is 11.7. The van der Waals surface area contributed by atoms with Crippen molar-refractivity contribution in [3.05, 3.63) is 121 Å². The quantitative estimate of drug-likeness (QED) is 0.129. The number of anilines is 10. The lowest BCUT2D eigenvalue weighted by atomic mass is 10.2. The summed E-state index contributed by atoms with van der Waals surface area (Å²) in [7, 11) is 0. The monoisotopic (exact) mass is 472 g/mol. The van der Waals surface area contributed by atoms with Gasteiger partial charge in [-0.15, -0.1) is 0 Å². The predicted molar refractivity (Wildman–Crippen MR) is 154 cm³/mol. The molecule has 0 bridgehead atoms. The van der Waals surface area contributed by atoms with Crippen LogP contribution in [0.15, 0.2) is 121 Å². The Labute approximate surface area is 211 Å². The van der Waals surface area contributed by atoms with Crippen LogP contribution in [0, 0.1) is 0 Å². The van der Waals surface area contributed by atoms with Gasteiger partial charge in [0.25, 0.3) is 0 Å². The van der Waals surface area contributed by atoms with E-state index in [2.05, 4.69) is 45.5 Å². The van der Waals surface area contributed by atoms with Crippen molar-refractivity contribution in [3.8, 4) is 0 Å². The minimum absolute atomic E-state index is 0.752. The minimum atomic E-state index is 0.752. The highest BCUT2D eigenvalue weighted by Gasteiger charge is 2.01. The largest absolute Gasteiger partial charge is 0.399 e. The molecule has 5 aromatic rings. The molecule has 8 N–H and O–H groups in total. The average molecular weight is 473 g/mol. The summed E-state index contributed by atoms with van der Waals surface area (Å²) in [6.07, 6.45) is 0. The summed E-state index contributed by atoms with van der Waals surface area (Å²) in [5.74, 6) is 0. The van der Waals surface area contributed by atoms with Crippen LogP contribution in [0.1, 0.15) is 0 Å². The van der Waals surface area contributed by atoms with E-state index in [0.717, 1.165) is 56.9 Å². The van der Waals surface area contributed by atoms with Crippen molar-refractivity contribution >= 4 is 56.9 Å². The smallest absolute Gasteiger partial charge is 0.0385 e. The molecule has 5 rings (SSSR count). The van der Waals surface area contributed by atoms with E-state index in [1.54, 1.807) is 0 Å². The first-order valence-electron chi connectivity index (χ1n) is 11.7. The molecule has 0 aliphatic rings. The second-order valence-corrected chi connectivity index (χ2v) is 8.48. The minimum Gasteiger partial charge on any atom is -0.399 e. The molecule has 0 unspecified atom stereocenters. The fraction of sp³-hybridized carbons (Fsp3) is 0. The Bertz CT molecular complexity index is 1280. The molecule has 0 fully saturated rings. The number of rotatable bonds is 8. The first-order chi connectivity index (χ1) is 17.6. The molecular formula is C30H28N6. The highest BCUT2D eigenvalue weighted by molar-refractivity contribution is 5.70. The van der Waals surface area contributed by atoms with Crippen molar-refractivity contribution in [1.29, 1.82) is 0 Å². The summed E-state index contributed by atoms with van der Waals surface area (Å²) in [5.41, 5.74) is 21.1. The van der Waals surface area contributed by atoms with E-state index >= 15 is 0 Å². The van der Waals surface area contributed by atoms with E-state index in [0.29, 0.717) is 0 Å². The Balaban J connectivity index is 1.14.